The number of furan rings is 1. The van der Waals surface area contributed by atoms with Gasteiger partial charge in [-0.05, 0) is 26.0 Å². The van der Waals surface area contributed by atoms with Crippen molar-refractivity contribution in [1.29, 1.82) is 0 Å². The maximum atomic E-state index is 12.8. The van der Waals surface area contributed by atoms with Crippen molar-refractivity contribution >= 4 is 34.1 Å². The molecule has 2 aromatic heterocycles. The molecule has 4 rings (SSSR count). The molecule has 3 heterocycles. The highest BCUT2D eigenvalue weighted by Crippen LogP contribution is 2.40. The largest absolute Gasteiger partial charge is 0.466 e. The summed E-state index contributed by atoms with van der Waals surface area (Å²) in [7, 11) is 2.48. The first kappa shape index (κ1) is 19.5. The summed E-state index contributed by atoms with van der Waals surface area (Å²) < 4.78 is 21.6. The molecule has 0 aliphatic carbocycles. The number of allylic oxidation sites excluding steroid dienone is 2. The molecule has 1 N–H and O–H groups in total. The zero-order chi connectivity index (χ0) is 21.6. The van der Waals surface area contributed by atoms with Gasteiger partial charge in [0.25, 0.3) is 0 Å². The molecule has 0 fully saturated rings. The molecule has 8 heteroatoms. The first-order chi connectivity index (χ1) is 14.4. The Morgan fingerprint density at radius 1 is 0.933 bits per heavy atom. The van der Waals surface area contributed by atoms with Gasteiger partial charge in [0, 0.05) is 17.5 Å². The van der Waals surface area contributed by atoms with Crippen LogP contribution in [0.2, 0.25) is 0 Å². The molecule has 1 aliphatic heterocycles. The molecule has 0 saturated heterocycles. The van der Waals surface area contributed by atoms with E-state index in [4.69, 9.17) is 18.3 Å². The second kappa shape index (κ2) is 7.22. The highest BCUT2D eigenvalue weighted by Gasteiger charge is 2.39. The number of fused-ring (bicyclic) bond motifs is 3. The van der Waals surface area contributed by atoms with Crippen LogP contribution >= 0.6 is 0 Å². The molecule has 0 bridgehead atoms. The third-order valence-electron chi connectivity index (χ3n) is 5.12. The van der Waals surface area contributed by atoms with Crippen LogP contribution in [0.1, 0.15) is 25.5 Å². The molecule has 30 heavy (non-hydrogen) atoms. The highest BCUT2D eigenvalue weighted by atomic mass is 16.5. The normalized spacial score (nSPS) is 14.9. The molecule has 1 aromatic carbocycles. The Labute approximate surface area is 170 Å². The van der Waals surface area contributed by atoms with Crippen molar-refractivity contribution in [3.8, 4) is 0 Å². The van der Waals surface area contributed by atoms with Crippen molar-refractivity contribution in [1.82, 2.24) is 5.32 Å². The van der Waals surface area contributed by atoms with Crippen molar-refractivity contribution in [3.63, 3.8) is 0 Å². The molecule has 3 aromatic rings. The second-order valence-corrected chi connectivity index (χ2v) is 6.89. The molecule has 0 spiro atoms. The van der Waals surface area contributed by atoms with Crippen LogP contribution < -0.4 is 10.7 Å². The first-order valence-corrected chi connectivity index (χ1v) is 9.17. The maximum absolute atomic E-state index is 12.8. The Bertz CT molecular complexity index is 1280. The van der Waals surface area contributed by atoms with E-state index in [9.17, 15) is 14.4 Å². The first-order valence-electron chi connectivity index (χ1n) is 9.17. The topological polar surface area (TPSA) is 108 Å². The molecule has 0 radical (unpaired) electrons. The summed E-state index contributed by atoms with van der Waals surface area (Å²) in [6.45, 7) is 3.36. The number of para-hydroxylation sites is 1. The number of hydrogen-bond acceptors (Lipinski definition) is 8. The van der Waals surface area contributed by atoms with Gasteiger partial charge in [0.1, 0.15) is 11.3 Å². The molecule has 0 saturated carbocycles. The zero-order valence-electron chi connectivity index (χ0n) is 16.8. The highest BCUT2D eigenvalue weighted by molar-refractivity contribution is 6.02. The summed E-state index contributed by atoms with van der Waals surface area (Å²) in [5.74, 6) is -2.19. The molecular weight excluding hydrogens is 390 g/mol. The Kier molecular flexibility index (Phi) is 4.69. The van der Waals surface area contributed by atoms with Crippen molar-refractivity contribution in [2.75, 3.05) is 14.2 Å². The van der Waals surface area contributed by atoms with Crippen molar-refractivity contribution < 1.29 is 27.9 Å². The van der Waals surface area contributed by atoms with E-state index in [1.807, 2.05) is 0 Å². The molecular formula is C22H19NO7. The lowest BCUT2D eigenvalue weighted by molar-refractivity contribution is -0.137. The lowest BCUT2D eigenvalue weighted by atomic mass is 9.83. The zero-order valence-corrected chi connectivity index (χ0v) is 16.8. The monoisotopic (exact) mass is 409 g/mol. The lowest BCUT2D eigenvalue weighted by Crippen LogP contribution is -2.32. The fourth-order valence-electron chi connectivity index (χ4n) is 3.81. The number of dihydropyridines is 1. The SMILES string of the molecule is COC(=O)C1=C(C)NC(C)=C(C(=O)OC)C1c1cc(=O)c2oc3ccccc3c2o1. The smallest absolute Gasteiger partial charge is 0.336 e. The maximum Gasteiger partial charge on any atom is 0.336 e. The number of esters is 2. The predicted molar refractivity (Wildman–Crippen MR) is 108 cm³/mol. The van der Waals surface area contributed by atoms with E-state index in [0.29, 0.717) is 22.4 Å². The van der Waals surface area contributed by atoms with Gasteiger partial charge in [0.15, 0.2) is 5.58 Å². The number of methoxy groups -OCH3 is 2. The van der Waals surface area contributed by atoms with Crippen LogP contribution in [-0.4, -0.2) is 26.2 Å². The summed E-state index contributed by atoms with van der Waals surface area (Å²) in [6, 6.07) is 8.30. The summed E-state index contributed by atoms with van der Waals surface area (Å²) in [6.07, 6.45) is 0. The lowest BCUT2D eigenvalue weighted by Gasteiger charge is -2.28. The molecule has 154 valence electrons. The summed E-state index contributed by atoms with van der Waals surface area (Å²) in [5.41, 5.74) is 1.65. The van der Waals surface area contributed by atoms with Crippen LogP contribution in [0.25, 0.3) is 22.1 Å². The van der Waals surface area contributed by atoms with E-state index in [0.717, 1.165) is 0 Å². The van der Waals surface area contributed by atoms with E-state index < -0.39 is 23.3 Å². The van der Waals surface area contributed by atoms with E-state index in [2.05, 4.69) is 5.32 Å². The fourth-order valence-corrected chi connectivity index (χ4v) is 3.81. The van der Waals surface area contributed by atoms with Gasteiger partial charge in [-0.2, -0.15) is 0 Å². The average Bonchev–Trinajstić information content (AvgIpc) is 3.11. The van der Waals surface area contributed by atoms with Gasteiger partial charge in [-0.25, -0.2) is 9.59 Å². The van der Waals surface area contributed by atoms with Crippen LogP contribution in [0.4, 0.5) is 0 Å². The molecule has 0 atom stereocenters. The minimum Gasteiger partial charge on any atom is -0.466 e. The predicted octanol–water partition coefficient (Wildman–Crippen LogP) is 3.12. The van der Waals surface area contributed by atoms with Crippen molar-refractivity contribution in [2.24, 2.45) is 0 Å². The Morgan fingerprint density at radius 3 is 2.13 bits per heavy atom. The molecule has 0 unspecified atom stereocenters. The summed E-state index contributed by atoms with van der Waals surface area (Å²) in [4.78, 5) is 38.0. The number of carbonyl (C=O) groups excluding carboxylic acids is 2. The van der Waals surface area contributed by atoms with Crippen molar-refractivity contribution in [2.45, 2.75) is 19.8 Å². The van der Waals surface area contributed by atoms with Gasteiger partial charge in [0.2, 0.25) is 11.0 Å². The van der Waals surface area contributed by atoms with Gasteiger partial charge in [-0.15, -0.1) is 0 Å². The number of rotatable bonds is 3. The van der Waals surface area contributed by atoms with Crippen molar-refractivity contribution in [3.05, 3.63) is 68.9 Å². The van der Waals surface area contributed by atoms with Crippen LogP contribution in [0.15, 0.2) is 66.5 Å². The van der Waals surface area contributed by atoms with E-state index >= 15 is 0 Å². The molecule has 0 amide bonds. The van der Waals surface area contributed by atoms with Crippen LogP contribution in [0.5, 0.6) is 0 Å². The number of benzene rings is 1. The van der Waals surface area contributed by atoms with Gasteiger partial charge in [-0.3, -0.25) is 4.79 Å². The van der Waals surface area contributed by atoms with Gasteiger partial charge in [-0.1, -0.05) is 12.1 Å². The minimum absolute atomic E-state index is 0.0644. The molecule has 8 nitrogen and oxygen atoms in total. The van der Waals surface area contributed by atoms with Gasteiger partial charge >= 0.3 is 11.9 Å². The second-order valence-electron chi connectivity index (χ2n) is 6.89. The minimum atomic E-state index is -0.989. The fraction of sp³-hybridized carbons (Fsp3) is 0.227. The summed E-state index contributed by atoms with van der Waals surface area (Å²) >= 11 is 0. The van der Waals surface area contributed by atoms with Gasteiger partial charge in [0.05, 0.1) is 36.7 Å². The third-order valence-corrected chi connectivity index (χ3v) is 5.12. The average molecular weight is 409 g/mol. The van der Waals surface area contributed by atoms with E-state index in [1.165, 1.54) is 20.3 Å². The number of carbonyl (C=O) groups is 2. The third kappa shape index (κ3) is 2.88. The van der Waals surface area contributed by atoms with E-state index in [1.54, 1.807) is 38.1 Å². The number of nitrogens with one attached hydrogen (secondary N) is 1. The van der Waals surface area contributed by atoms with E-state index in [-0.39, 0.29) is 28.1 Å². The molecule has 1 aliphatic rings. The number of hydrogen-bond donors (Lipinski definition) is 1. The van der Waals surface area contributed by atoms with Crippen LogP contribution in [0, 0.1) is 0 Å². The Morgan fingerprint density at radius 2 is 1.53 bits per heavy atom. The Hall–Kier alpha value is -3.81. The summed E-state index contributed by atoms with van der Waals surface area (Å²) in [5, 5.41) is 3.62. The van der Waals surface area contributed by atoms with Crippen LogP contribution in [-0.2, 0) is 19.1 Å². The Balaban J connectivity index is 2.04. The van der Waals surface area contributed by atoms with Crippen LogP contribution in [0.3, 0.4) is 0 Å². The van der Waals surface area contributed by atoms with Gasteiger partial charge < -0.3 is 23.6 Å². The quantitative estimate of drug-likeness (QED) is 0.658. The number of ether oxygens (including phenoxy) is 2. The standard InChI is InChI=1S/C22H19NO7/c1-10-16(21(25)27-3)18(17(11(2)23-10)22(26)28-4)15-9-13(24)20-19(30-15)12-7-5-6-8-14(12)29-20/h5-9,18,23H,1-4H3.